The quantitative estimate of drug-likeness (QED) is 0.774. The number of carbonyl (C=O) groups is 2. The molecule has 4 rings (SSSR count). The number of carbonyl (C=O) groups excluding carboxylic acids is 2. The van der Waals surface area contributed by atoms with E-state index in [4.69, 9.17) is 11.6 Å². The number of hydrogen-bond acceptors (Lipinski definition) is 3. The van der Waals surface area contributed by atoms with Crippen molar-refractivity contribution >= 4 is 23.4 Å². The molecule has 5 nitrogen and oxygen atoms in total. The van der Waals surface area contributed by atoms with Gasteiger partial charge in [0.05, 0.1) is 16.6 Å². The third kappa shape index (κ3) is 4.06. The lowest BCUT2D eigenvalue weighted by Crippen LogP contribution is -2.58. The number of piperazine rings is 1. The van der Waals surface area contributed by atoms with Crippen LogP contribution >= 0.6 is 11.6 Å². The number of benzene rings is 1. The number of likely N-dealkylation sites (tertiary alicyclic amines) is 1. The molecule has 28 heavy (non-hydrogen) atoms. The second-order valence-corrected chi connectivity index (χ2v) is 8.74. The number of nitrogens with zero attached hydrogens (tertiary/aromatic N) is 3. The Morgan fingerprint density at radius 2 is 1.50 bits per heavy atom. The number of rotatable bonds is 4. The minimum atomic E-state index is -0.00599. The van der Waals surface area contributed by atoms with E-state index in [-0.39, 0.29) is 11.9 Å². The molecule has 152 valence electrons. The highest BCUT2D eigenvalue weighted by molar-refractivity contribution is 6.33. The van der Waals surface area contributed by atoms with Gasteiger partial charge in [0.25, 0.3) is 5.91 Å². The number of hydrogen-bond donors (Lipinski definition) is 0. The van der Waals surface area contributed by atoms with Crippen molar-refractivity contribution in [2.24, 2.45) is 5.92 Å². The van der Waals surface area contributed by atoms with E-state index in [0.29, 0.717) is 35.5 Å². The summed E-state index contributed by atoms with van der Waals surface area (Å²) in [6.07, 6.45) is 7.04. The second-order valence-electron chi connectivity index (χ2n) is 8.33. The maximum absolute atomic E-state index is 13.3. The molecule has 1 aromatic rings. The zero-order valence-corrected chi connectivity index (χ0v) is 17.2. The van der Waals surface area contributed by atoms with Gasteiger partial charge in [-0.05, 0) is 43.7 Å². The van der Waals surface area contributed by atoms with Gasteiger partial charge in [-0.1, -0.05) is 36.6 Å². The van der Waals surface area contributed by atoms with E-state index in [0.717, 1.165) is 51.9 Å². The molecule has 1 aliphatic carbocycles. The Morgan fingerprint density at radius 3 is 2.14 bits per heavy atom. The molecule has 0 radical (unpaired) electrons. The van der Waals surface area contributed by atoms with Crippen molar-refractivity contribution in [1.29, 1.82) is 0 Å². The standard InChI is InChI=1S/C22H30ClN3O2/c23-19-10-4-3-9-18(19)21(27)26-15-13-24(14-16-26)20(17-7-1-2-8-17)22(28)25-11-5-6-12-25/h3-4,9-10,17,20H,1-2,5-8,11-16H2. The molecule has 1 aromatic carbocycles. The molecule has 2 saturated heterocycles. The van der Waals surface area contributed by atoms with Crippen molar-refractivity contribution in [2.75, 3.05) is 39.3 Å². The van der Waals surface area contributed by atoms with Crippen LogP contribution < -0.4 is 0 Å². The fourth-order valence-corrected chi connectivity index (χ4v) is 5.28. The predicted octanol–water partition coefficient (Wildman–Crippen LogP) is 3.28. The van der Waals surface area contributed by atoms with Gasteiger partial charge < -0.3 is 9.80 Å². The van der Waals surface area contributed by atoms with Crippen molar-refractivity contribution in [3.63, 3.8) is 0 Å². The van der Waals surface area contributed by atoms with E-state index in [1.54, 1.807) is 12.1 Å². The summed E-state index contributed by atoms with van der Waals surface area (Å²) >= 11 is 6.21. The minimum Gasteiger partial charge on any atom is -0.341 e. The van der Waals surface area contributed by atoms with Gasteiger partial charge in [0.15, 0.2) is 0 Å². The van der Waals surface area contributed by atoms with E-state index in [9.17, 15) is 9.59 Å². The molecule has 0 spiro atoms. The van der Waals surface area contributed by atoms with Crippen LogP contribution in [0.5, 0.6) is 0 Å². The molecule has 3 fully saturated rings. The average Bonchev–Trinajstić information content (AvgIpc) is 3.43. The van der Waals surface area contributed by atoms with Gasteiger partial charge in [-0.15, -0.1) is 0 Å². The van der Waals surface area contributed by atoms with Crippen molar-refractivity contribution in [2.45, 2.75) is 44.6 Å². The highest BCUT2D eigenvalue weighted by Crippen LogP contribution is 2.32. The summed E-state index contributed by atoms with van der Waals surface area (Å²) in [5, 5.41) is 0.503. The van der Waals surface area contributed by atoms with Crippen molar-refractivity contribution in [1.82, 2.24) is 14.7 Å². The summed E-state index contributed by atoms with van der Waals surface area (Å²) in [6, 6.07) is 7.23. The van der Waals surface area contributed by atoms with Crippen LogP contribution in [-0.4, -0.2) is 71.8 Å². The fourth-order valence-electron chi connectivity index (χ4n) is 5.06. The molecule has 2 amide bonds. The fraction of sp³-hybridized carbons (Fsp3) is 0.636. The lowest BCUT2D eigenvalue weighted by molar-refractivity contribution is -0.138. The van der Waals surface area contributed by atoms with Gasteiger partial charge in [-0.25, -0.2) is 0 Å². The molecule has 1 saturated carbocycles. The highest BCUT2D eigenvalue weighted by atomic mass is 35.5. The van der Waals surface area contributed by atoms with Crippen molar-refractivity contribution in [3.8, 4) is 0 Å². The molecule has 3 aliphatic rings. The van der Waals surface area contributed by atoms with Crippen LogP contribution in [0.1, 0.15) is 48.9 Å². The molecule has 1 atom stereocenters. The maximum atomic E-state index is 13.3. The lowest BCUT2D eigenvalue weighted by atomic mass is 9.94. The Hall–Kier alpha value is -1.59. The summed E-state index contributed by atoms with van der Waals surface area (Å²) in [5.74, 6) is 0.794. The Labute approximate surface area is 172 Å². The number of halogens is 1. The monoisotopic (exact) mass is 403 g/mol. The Bertz CT molecular complexity index is 705. The lowest BCUT2D eigenvalue weighted by Gasteiger charge is -2.42. The average molecular weight is 404 g/mol. The van der Waals surface area contributed by atoms with Crippen LogP contribution in [-0.2, 0) is 4.79 Å². The smallest absolute Gasteiger partial charge is 0.255 e. The van der Waals surface area contributed by atoms with E-state index in [1.807, 2.05) is 17.0 Å². The highest BCUT2D eigenvalue weighted by Gasteiger charge is 2.39. The summed E-state index contributed by atoms with van der Waals surface area (Å²) in [6.45, 7) is 4.65. The molecular weight excluding hydrogens is 374 g/mol. The molecular formula is C22H30ClN3O2. The first kappa shape index (κ1) is 19.7. The predicted molar refractivity (Wildman–Crippen MR) is 110 cm³/mol. The molecule has 2 heterocycles. The normalized spacial score (nSPS) is 22.6. The van der Waals surface area contributed by atoms with E-state index >= 15 is 0 Å². The Kier molecular flexibility index (Phi) is 6.22. The third-order valence-electron chi connectivity index (χ3n) is 6.62. The topological polar surface area (TPSA) is 43.9 Å². The van der Waals surface area contributed by atoms with Crippen LogP contribution in [0.4, 0.5) is 0 Å². The zero-order chi connectivity index (χ0) is 19.5. The minimum absolute atomic E-state index is 0.00170. The molecule has 2 aliphatic heterocycles. The Morgan fingerprint density at radius 1 is 0.857 bits per heavy atom. The summed E-state index contributed by atoms with van der Waals surface area (Å²) in [5.41, 5.74) is 0.568. The SMILES string of the molecule is O=C(c1ccccc1Cl)N1CCN(C(C(=O)N2CCCC2)C2CCCC2)CC1. The maximum Gasteiger partial charge on any atom is 0.255 e. The molecule has 0 N–H and O–H groups in total. The van der Waals surface area contributed by atoms with Crippen molar-refractivity contribution in [3.05, 3.63) is 34.9 Å². The first-order chi connectivity index (χ1) is 13.6. The van der Waals surface area contributed by atoms with Gasteiger partial charge in [0, 0.05) is 39.3 Å². The Balaban J connectivity index is 1.43. The molecule has 6 heteroatoms. The summed E-state index contributed by atoms with van der Waals surface area (Å²) < 4.78 is 0. The molecule has 0 aromatic heterocycles. The van der Waals surface area contributed by atoms with Crippen LogP contribution in [0, 0.1) is 5.92 Å². The van der Waals surface area contributed by atoms with Crippen molar-refractivity contribution < 1.29 is 9.59 Å². The largest absolute Gasteiger partial charge is 0.341 e. The van der Waals surface area contributed by atoms with E-state index in [2.05, 4.69) is 9.80 Å². The van der Waals surface area contributed by atoms with E-state index < -0.39 is 0 Å². The van der Waals surface area contributed by atoms with Crippen LogP contribution in [0.2, 0.25) is 5.02 Å². The second kappa shape index (κ2) is 8.83. The van der Waals surface area contributed by atoms with Gasteiger partial charge in [0.1, 0.15) is 0 Å². The number of amides is 2. The summed E-state index contributed by atoms with van der Waals surface area (Å²) in [7, 11) is 0. The molecule has 0 bridgehead atoms. The van der Waals surface area contributed by atoms with E-state index in [1.165, 1.54) is 12.8 Å². The van der Waals surface area contributed by atoms with Gasteiger partial charge in [-0.2, -0.15) is 0 Å². The zero-order valence-electron chi connectivity index (χ0n) is 16.5. The van der Waals surface area contributed by atoms with Gasteiger partial charge in [-0.3, -0.25) is 14.5 Å². The van der Waals surface area contributed by atoms with Crippen LogP contribution in [0.15, 0.2) is 24.3 Å². The first-order valence-corrected chi connectivity index (χ1v) is 11.1. The molecule has 1 unspecified atom stereocenters. The van der Waals surface area contributed by atoms with Gasteiger partial charge in [0.2, 0.25) is 5.91 Å². The van der Waals surface area contributed by atoms with Crippen LogP contribution in [0.3, 0.4) is 0 Å². The van der Waals surface area contributed by atoms with Gasteiger partial charge >= 0.3 is 0 Å². The third-order valence-corrected chi connectivity index (χ3v) is 6.95. The van der Waals surface area contributed by atoms with Crippen LogP contribution in [0.25, 0.3) is 0 Å². The summed E-state index contributed by atoms with van der Waals surface area (Å²) in [4.78, 5) is 32.5. The first-order valence-electron chi connectivity index (χ1n) is 10.7.